The fraction of sp³-hybridized carbons (Fsp3) is 0.296. The molecule has 0 bridgehead atoms. The number of hydrogen-bond acceptors (Lipinski definition) is 8. The first-order valence-electron chi connectivity index (χ1n) is 11.7. The zero-order chi connectivity index (χ0) is 26.7. The monoisotopic (exact) mass is 602 g/mol. The zero-order valence-corrected chi connectivity index (χ0v) is 24.4. The number of carbonyl (C=O) groups excluding carboxylic acids is 1. The molecule has 0 unspecified atom stereocenters. The van der Waals surface area contributed by atoms with Gasteiger partial charge in [0.1, 0.15) is 0 Å². The van der Waals surface area contributed by atoms with Gasteiger partial charge in [0.25, 0.3) is 5.56 Å². The molecule has 1 aromatic heterocycles. The summed E-state index contributed by atoms with van der Waals surface area (Å²) in [5.74, 6) is 0.687. The molecule has 37 heavy (non-hydrogen) atoms. The molecular formula is C27H27BrN2O5S2. The topological polar surface area (TPSA) is 79.1 Å². The normalized spacial score (nSPS) is 15.3. The Morgan fingerprint density at radius 2 is 1.95 bits per heavy atom. The Morgan fingerprint density at radius 3 is 2.57 bits per heavy atom. The van der Waals surface area contributed by atoms with Crippen LogP contribution in [-0.4, -0.2) is 37.1 Å². The molecule has 2 aromatic carbocycles. The van der Waals surface area contributed by atoms with Gasteiger partial charge in [0.15, 0.2) is 16.3 Å². The van der Waals surface area contributed by atoms with E-state index in [-0.39, 0.29) is 12.2 Å². The average molecular weight is 604 g/mol. The van der Waals surface area contributed by atoms with Gasteiger partial charge in [-0.25, -0.2) is 9.79 Å². The largest absolute Gasteiger partial charge is 0.493 e. The molecule has 2 heterocycles. The van der Waals surface area contributed by atoms with E-state index in [1.807, 2.05) is 49.6 Å². The number of benzene rings is 2. The number of halogens is 1. The van der Waals surface area contributed by atoms with Crippen LogP contribution in [0.25, 0.3) is 6.08 Å². The third kappa shape index (κ3) is 5.42. The van der Waals surface area contributed by atoms with Gasteiger partial charge in [-0.2, -0.15) is 0 Å². The molecule has 0 radical (unpaired) electrons. The number of thioether (sulfide) groups is 1. The van der Waals surface area contributed by atoms with Crippen molar-refractivity contribution in [3.63, 3.8) is 0 Å². The van der Waals surface area contributed by atoms with Gasteiger partial charge in [0, 0.05) is 4.90 Å². The second kappa shape index (κ2) is 11.7. The van der Waals surface area contributed by atoms with Crippen LogP contribution in [0.5, 0.6) is 11.5 Å². The van der Waals surface area contributed by atoms with Crippen LogP contribution in [0.4, 0.5) is 0 Å². The average Bonchev–Trinajstić information content (AvgIpc) is 3.18. The lowest BCUT2D eigenvalue weighted by atomic mass is 9.96. The van der Waals surface area contributed by atoms with Gasteiger partial charge in [-0.1, -0.05) is 23.5 Å². The number of ether oxygens (including phenoxy) is 3. The van der Waals surface area contributed by atoms with E-state index >= 15 is 0 Å². The van der Waals surface area contributed by atoms with Crippen molar-refractivity contribution in [2.75, 3.05) is 26.6 Å². The van der Waals surface area contributed by atoms with E-state index in [0.717, 1.165) is 20.5 Å². The first-order chi connectivity index (χ1) is 17.8. The Labute approximate surface area is 231 Å². The molecule has 3 aromatic rings. The highest BCUT2D eigenvalue weighted by molar-refractivity contribution is 9.10. The van der Waals surface area contributed by atoms with Crippen LogP contribution in [0.1, 0.15) is 37.9 Å². The zero-order valence-electron chi connectivity index (χ0n) is 21.2. The Hall–Kier alpha value is -2.82. The quantitative estimate of drug-likeness (QED) is 0.275. The molecule has 10 heteroatoms. The first kappa shape index (κ1) is 27.2. The Balaban J connectivity index is 1.91. The van der Waals surface area contributed by atoms with Crippen molar-refractivity contribution in [1.82, 2.24) is 4.57 Å². The van der Waals surface area contributed by atoms with Gasteiger partial charge in [0.05, 0.1) is 46.6 Å². The Kier molecular flexibility index (Phi) is 8.61. The van der Waals surface area contributed by atoms with E-state index in [4.69, 9.17) is 14.2 Å². The van der Waals surface area contributed by atoms with Crippen LogP contribution >= 0.6 is 39.0 Å². The van der Waals surface area contributed by atoms with E-state index in [0.29, 0.717) is 38.7 Å². The van der Waals surface area contributed by atoms with Crippen LogP contribution in [0, 0.1) is 0 Å². The molecule has 0 aliphatic carbocycles. The van der Waals surface area contributed by atoms with Crippen molar-refractivity contribution in [2.45, 2.75) is 31.7 Å². The molecule has 0 saturated heterocycles. The summed E-state index contributed by atoms with van der Waals surface area (Å²) in [5.41, 5.74) is 2.24. The van der Waals surface area contributed by atoms with Crippen molar-refractivity contribution in [2.24, 2.45) is 4.99 Å². The highest BCUT2D eigenvalue weighted by Gasteiger charge is 2.33. The summed E-state index contributed by atoms with van der Waals surface area (Å²) in [5, 5.41) is 0. The molecule has 0 amide bonds. The van der Waals surface area contributed by atoms with Crippen molar-refractivity contribution >= 4 is 51.1 Å². The lowest BCUT2D eigenvalue weighted by Gasteiger charge is -2.24. The third-order valence-electron chi connectivity index (χ3n) is 5.79. The lowest BCUT2D eigenvalue weighted by molar-refractivity contribution is -0.139. The second-order valence-electron chi connectivity index (χ2n) is 8.04. The molecule has 194 valence electrons. The standard InChI is InChI=1S/C27H27BrN2O5S2/c1-6-34-24-19(28)12-16(13-20(24)33-4)14-21-25(31)30-23(17-8-10-18(36-5)11-9-17)22(26(32)35-7-2)15(3)29-27(30)37-21/h8-14,23H,6-7H2,1-5H3/b21-14-/t23-/m1/s1. The van der Waals surface area contributed by atoms with Gasteiger partial charge in [-0.15, -0.1) is 11.8 Å². The van der Waals surface area contributed by atoms with Gasteiger partial charge < -0.3 is 14.2 Å². The molecule has 4 rings (SSSR count). The summed E-state index contributed by atoms with van der Waals surface area (Å²) in [6.45, 7) is 6.16. The Morgan fingerprint density at radius 1 is 1.22 bits per heavy atom. The number of thiazole rings is 1. The minimum atomic E-state index is -0.644. The highest BCUT2D eigenvalue weighted by atomic mass is 79.9. The molecule has 1 atom stereocenters. The number of fused-ring (bicyclic) bond motifs is 1. The number of esters is 1. The second-order valence-corrected chi connectivity index (χ2v) is 10.8. The number of allylic oxidation sites excluding steroid dienone is 1. The predicted molar refractivity (Wildman–Crippen MR) is 150 cm³/mol. The number of methoxy groups -OCH3 is 1. The summed E-state index contributed by atoms with van der Waals surface area (Å²) < 4.78 is 19.4. The van der Waals surface area contributed by atoms with Crippen LogP contribution in [0.3, 0.4) is 0 Å². The Bertz CT molecular complexity index is 1540. The van der Waals surface area contributed by atoms with Crippen molar-refractivity contribution < 1.29 is 19.0 Å². The number of hydrogen-bond donors (Lipinski definition) is 0. The third-order valence-corrected chi connectivity index (χ3v) is 8.10. The molecule has 1 aliphatic heterocycles. The van der Waals surface area contributed by atoms with Crippen LogP contribution in [-0.2, 0) is 9.53 Å². The van der Waals surface area contributed by atoms with E-state index in [1.165, 1.54) is 11.3 Å². The van der Waals surface area contributed by atoms with Gasteiger partial charge in [0.2, 0.25) is 0 Å². The summed E-state index contributed by atoms with van der Waals surface area (Å²) in [4.78, 5) is 33.1. The maximum absolute atomic E-state index is 13.8. The number of carbonyl (C=O) groups is 1. The molecule has 0 spiro atoms. The van der Waals surface area contributed by atoms with E-state index in [1.54, 1.807) is 43.4 Å². The summed E-state index contributed by atoms with van der Waals surface area (Å²) in [6, 6.07) is 10.9. The van der Waals surface area contributed by atoms with Crippen LogP contribution in [0.2, 0.25) is 0 Å². The maximum atomic E-state index is 13.8. The van der Waals surface area contributed by atoms with Crippen molar-refractivity contribution in [3.8, 4) is 11.5 Å². The lowest BCUT2D eigenvalue weighted by Crippen LogP contribution is -2.39. The molecule has 0 saturated carbocycles. The summed E-state index contributed by atoms with van der Waals surface area (Å²) in [6.07, 6.45) is 3.80. The minimum absolute atomic E-state index is 0.229. The van der Waals surface area contributed by atoms with Crippen LogP contribution in [0.15, 0.2) is 66.8 Å². The summed E-state index contributed by atoms with van der Waals surface area (Å²) >= 11 is 6.45. The smallest absolute Gasteiger partial charge is 0.338 e. The molecule has 1 aliphatic rings. The fourth-order valence-electron chi connectivity index (χ4n) is 4.15. The van der Waals surface area contributed by atoms with E-state index in [2.05, 4.69) is 20.9 Å². The van der Waals surface area contributed by atoms with Gasteiger partial charge in [-0.05, 0) is 84.4 Å². The minimum Gasteiger partial charge on any atom is -0.493 e. The predicted octanol–water partition coefficient (Wildman–Crippen LogP) is 4.69. The van der Waals surface area contributed by atoms with Crippen LogP contribution < -0.4 is 24.4 Å². The number of aromatic nitrogens is 1. The van der Waals surface area contributed by atoms with Crippen molar-refractivity contribution in [3.05, 3.63) is 83.0 Å². The van der Waals surface area contributed by atoms with Gasteiger partial charge >= 0.3 is 5.97 Å². The van der Waals surface area contributed by atoms with E-state index in [9.17, 15) is 9.59 Å². The first-order valence-corrected chi connectivity index (χ1v) is 14.5. The molecule has 7 nitrogen and oxygen atoms in total. The van der Waals surface area contributed by atoms with Crippen molar-refractivity contribution in [1.29, 1.82) is 0 Å². The number of nitrogens with zero attached hydrogens (tertiary/aromatic N) is 2. The van der Waals surface area contributed by atoms with Gasteiger partial charge in [-0.3, -0.25) is 9.36 Å². The summed E-state index contributed by atoms with van der Waals surface area (Å²) in [7, 11) is 1.57. The molecule has 0 fully saturated rings. The maximum Gasteiger partial charge on any atom is 0.338 e. The molecule has 0 N–H and O–H groups in total. The highest BCUT2D eigenvalue weighted by Crippen LogP contribution is 2.37. The number of rotatable bonds is 8. The fourth-order valence-corrected chi connectivity index (χ4v) is 6.18. The molecular weight excluding hydrogens is 576 g/mol. The van der Waals surface area contributed by atoms with E-state index < -0.39 is 12.0 Å². The SMILES string of the molecule is CCOC(=O)C1=C(C)N=c2s/c(=C\c3cc(Br)c(OCC)c(OC)c3)c(=O)n2[C@@H]1c1ccc(SC)cc1.